The number of likely N-dealkylation sites (tertiary alicyclic amines) is 1. The van der Waals surface area contributed by atoms with Gasteiger partial charge in [0, 0.05) is 11.1 Å². The van der Waals surface area contributed by atoms with Crippen molar-refractivity contribution < 1.29 is 0 Å². The lowest BCUT2D eigenvalue weighted by Gasteiger charge is -2.55. The van der Waals surface area contributed by atoms with E-state index in [4.69, 9.17) is 0 Å². The molecule has 0 N–H and O–H groups in total. The van der Waals surface area contributed by atoms with Crippen molar-refractivity contribution in [2.75, 3.05) is 6.54 Å². The van der Waals surface area contributed by atoms with Crippen LogP contribution in [0.1, 0.15) is 64.5 Å². The molecular weight excluding hydrogens is 302 g/mol. The van der Waals surface area contributed by atoms with E-state index in [1.54, 1.807) is 0 Å². The van der Waals surface area contributed by atoms with Crippen molar-refractivity contribution in [3.05, 3.63) is 59.7 Å². The summed E-state index contributed by atoms with van der Waals surface area (Å²) < 4.78 is 0. The minimum atomic E-state index is 0.247. The molecule has 134 valence electrons. The maximum Gasteiger partial charge on any atom is 0.0164 e. The maximum absolute atomic E-state index is 2.68. The van der Waals surface area contributed by atoms with Crippen LogP contribution in [0, 0.1) is 6.92 Å². The predicted octanol–water partition coefficient (Wildman–Crippen LogP) is 6.42. The number of hydrogen-bond acceptors (Lipinski definition) is 1. The van der Waals surface area contributed by atoms with Crippen LogP contribution in [0.15, 0.2) is 48.5 Å². The average molecular weight is 336 g/mol. The van der Waals surface area contributed by atoms with Gasteiger partial charge >= 0.3 is 0 Å². The van der Waals surface area contributed by atoms with Gasteiger partial charge in [0.15, 0.2) is 0 Å². The predicted molar refractivity (Wildman–Crippen MR) is 109 cm³/mol. The summed E-state index contributed by atoms with van der Waals surface area (Å²) in [5, 5.41) is 0. The highest BCUT2D eigenvalue weighted by Crippen LogP contribution is 2.45. The first-order chi connectivity index (χ1) is 11.7. The molecule has 1 fully saturated rings. The van der Waals surface area contributed by atoms with Crippen LogP contribution >= 0.6 is 0 Å². The van der Waals surface area contributed by atoms with Crippen molar-refractivity contribution in [3.63, 3.8) is 0 Å². The summed E-state index contributed by atoms with van der Waals surface area (Å²) in [6, 6.07) is 18.1. The molecule has 2 aromatic carbocycles. The first kappa shape index (κ1) is 18.2. The summed E-state index contributed by atoms with van der Waals surface area (Å²) in [6.07, 6.45) is 2.46. The molecule has 0 unspecified atom stereocenters. The molecule has 1 saturated heterocycles. The first-order valence-electron chi connectivity index (χ1n) is 9.68. The third-order valence-electron chi connectivity index (χ3n) is 6.04. The van der Waals surface area contributed by atoms with Gasteiger partial charge in [0.2, 0.25) is 0 Å². The molecule has 1 nitrogen and oxygen atoms in total. The van der Waals surface area contributed by atoms with Gasteiger partial charge in [-0.25, -0.2) is 0 Å². The molecule has 0 spiro atoms. The van der Waals surface area contributed by atoms with Crippen LogP contribution in [-0.4, -0.2) is 22.5 Å². The van der Waals surface area contributed by atoms with Gasteiger partial charge in [-0.15, -0.1) is 0 Å². The summed E-state index contributed by atoms with van der Waals surface area (Å²) >= 11 is 0. The van der Waals surface area contributed by atoms with Crippen molar-refractivity contribution in [2.45, 2.75) is 71.4 Å². The Kier molecular flexibility index (Phi) is 4.81. The molecule has 1 aliphatic heterocycles. The number of hydrogen-bond donors (Lipinski definition) is 0. The van der Waals surface area contributed by atoms with Crippen LogP contribution in [-0.2, 0) is 0 Å². The molecule has 0 atom stereocenters. The number of piperidine rings is 1. The van der Waals surface area contributed by atoms with Gasteiger partial charge < -0.3 is 0 Å². The molecule has 0 saturated carbocycles. The van der Waals surface area contributed by atoms with Crippen LogP contribution in [0.25, 0.3) is 11.1 Å². The van der Waals surface area contributed by atoms with Crippen molar-refractivity contribution in [3.8, 4) is 11.1 Å². The van der Waals surface area contributed by atoms with Crippen LogP contribution < -0.4 is 0 Å². The quantitative estimate of drug-likeness (QED) is 0.625. The molecule has 0 radical (unpaired) electrons. The molecule has 0 bridgehead atoms. The fourth-order valence-corrected chi connectivity index (χ4v) is 5.10. The van der Waals surface area contributed by atoms with Gasteiger partial charge in [0.1, 0.15) is 0 Å². The van der Waals surface area contributed by atoms with E-state index >= 15 is 0 Å². The van der Waals surface area contributed by atoms with Crippen LogP contribution in [0.3, 0.4) is 0 Å². The number of benzene rings is 2. The maximum atomic E-state index is 2.68. The highest BCUT2D eigenvalue weighted by Gasteiger charge is 2.44. The van der Waals surface area contributed by atoms with E-state index in [2.05, 4.69) is 95.0 Å². The van der Waals surface area contributed by atoms with E-state index in [1.807, 2.05) is 0 Å². The topological polar surface area (TPSA) is 3.24 Å². The fourth-order valence-electron chi connectivity index (χ4n) is 5.10. The average Bonchev–Trinajstić information content (AvgIpc) is 2.54. The van der Waals surface area contributed by atoms with E-state index in [9.17, 15) is 0 Å². The van der Waals surface area contributed by atoms with Crippen LogP contribution in [0.2, 0.25) is 0 Å². The monoisotopic (exact) mass is 335 g/mol. The first-order valence-corrected chi connectivity index (χ1v) is 9.68. The summed E-state index contributed by atoms with van der Waals surface area (Å²) in [5.41, 5.74) is 5.92. The van der Waals surface area contributed by atoms with Gasteiger partial charge in [-0.1, -0.05) is 61.0 Å². The fraction of sp³-hybridized carbons (Fsp3) is 0.500. The minimum Gasteiger partial charge on any atom is -0.293 e. The van der Waals surface area contributed by atoms with E-state index in [1.165, 1.54) is 35.1 Å². The molecule has 1 heterocycles. The lowest BCUT2D eigenvalue weighted by Crippen LogP contribution is -2.59. The third-order valence-corrected chi connectivity index (χ3v) is 6.04. The molecule has 2 aromatic rings. The zero-order valence-electron chi connectivity index (χ0n) is 16.8. The third kappa shape index (κ3) is 3.67. The highest BCUT2D eigenvalue weighted by molar-refractivity contribution is 5.64. The molecule has 0 aliphatic carbocycles. The van der Waals surface area contributed by atoms with Crippen molar-refractivity contribution >= 4 is 0 Å². The van der Waals surface area contributed by atoms with Crippen LogP contribution in [0.5, 0.6) is 0 Å². The lowest BCUT2D eigenvalue weighted by atomic mass is 9.71. The Bertz CT molecular complexity index is 689. The second-order valence-electron chi connectivity index (χ2n) is 8.96. The van der Waals surface area contributed by atoms with E-state index in [0.29, 0.717) is 5.92 Å². The summed E-state index contributed by atoms with van der Waals surface area (Å²) in [4.78, 5) is 2.68. The van der Waals surface area contributed by atoms with E-state index in [-0.39, 0.29) is 11.1 Å². The Hall–Kier alpha value is -1.60. The smallest absolute Gasteiger partial charge is 0.0164 e. The van der Waals surface area contributed by atoms with E-state index < -0.39 is 0 Å². The molecule has 0 aromatic heterocycles. The molecule has 1 heteroatoms. The standard InChI is InChI=1S/C24H33N/c1-7-25-23(3,4)16-22(17-24(25,5)6)21-14-12-20(13-15-21)19-10-8-18(2)9-11-19/h8-15,22H,7,16-17H2,1-6H3. The summed E-state index contributed by atoms with van der Waals surface area (Å²) in [7, 11) is 0. The Morgan fingerprint density at radius 3 is 1.68 bits per heavy atom. The molecule has 0 amide bonds. The van der Waals surface area contributed by atoms with Gasteiger partial charge in [-0.05, 0) is 76.6 Å². The van der Waals surface area contributed by atoms with Gasteiger partial charge in [0.25, 0.3) is 0 Å². The Balaban J connectivity index is 1.84. The molecule has 25 heavy (non-hydrogen) atoms. The highest BCUT2D eigenvalue weighted by atomic mass is 15.3. The number of aryl methyl sites for hydroxylation is 1. The van der Waals surface area contributed by atoms with Crippen molar-refractivity contribution in [1.29, 1.82) is 0 Å². The van der Waals surface area contributed by atoms with Crippen molar-refractivity contribution in [2.24, 2.45) is 0 Å². The summed E-state index contributed by atoms with van der Waals surface area (Å²) in [5.74, 6) is 0.639. The second-order valence-corrected chi connectivity index (χ2v) is 8.96. The molecule has 3 rings (SSSR count). The van der Waals surface area contributed by atoms with Gasteiger partial charge in [0.05, 0.1) is 0 Å². The normalized spacial score (nSPS) is 20.6. The van der Waals surface area contributed by atoms with Crippen LogP contribution in [0.4, 0.5) is 0 Å². The Labute approximate surface area is 154 Å². The Morgan fingerprint density at radius 1 is 0.800 bits per heavy atom. The number of nitrogens with zero attached hydrogens (tertiary/aromatic N) is 1. The number of rotatable bonds is 3. The van der Waals surface area contributed by atoms with E-state index in [0.717, 1.165) is 6.54 Å². The SMILES string of the molecule is CCN1C(C)(C)CC(c2ccc(-c3ccc(C)cc3)cc2)CC1(C)C. The molecule has 1 aliphatic rings. The largest absolute Gasteiger partial charge is 0.293 e. The Morgan fingerprint density at radius 2 is 1.24 bits per heavy atom. The lowest BCUT2D eigenvalue weighted by molar-refractivity contribution is -0.0316. The van der Waals surface area contributed by atoms with Crippen molar-refractivity contribution in [1.82, 2.24) is 4.90 Å². The summed E-state index contributed by atoms with van der Waals surface area (Å²) in [6.45, 7) is 15.2. The zero-order valence-corrected chi connectivity index (χ0v) is 16.8. The molecular formula is C24H33N. The second kappa shape index (κ2) is 6.61. The van der Waals surface area contributed by atoms with Gasteiger partial charge in [-0.3, -0.25) is 4.90 Å². The zero-order chi connectivity index (χ0) is 18.2. The van der Waals surface area contributed by atoms with Gasteiger partial charge in [-0.2, -0.15) is 0 Å². The minimum absolute atomic E-state index is 0.247.